The molecule has 0 aliphatic heterocycles. The van der Waals surface area contributed by atoms with E-state index in [-0.39, 0.29) is 5.91 Å². The van der Waals surface area contributed by atoms with Gasteiger partial charge in [0.15, 0.2) is 0 Å². The summed E-state index contributed by atoms with van der Waals surface area (Å²) in [6.45, 7) is 0. The Balaban J connectivity index is 2.23. The van der Waals surface area contributed by atoms with E-state index in [1.165, 1.54) is 0 Å². The zero-order chi connectivity index (χ0) is 14.7. The number of benzene rings is 2. The van der Waals surface area contributed by atoms with Crippen molar-refractivity contribution in [1.82, 2.24) is 0 Å². The molecule has 0 bridgehead atoms. The van der Waals surface area contributed by atoms with Gasteiger partial charge < -0.3 is 10.2 Å². The number of carbonyl (C=O) groups excluding carboxylic acids is 1. The maximum atomic E-state index is 12.3. The highest BCUT2D eigenvalue weighted by molar-refractivity contribution is 14.1. The number of nitrogens with one attached hydrogen (secondary N) is 1. The summed E-state index contributed by atoms with van der Waals surface area (Å²) in [6.07, 6.45) is 0. The highest BCUT2D eigenvalue weighted by atomic mass is 127. The van der Waals surface area contributed by atoms with Crippen LogP contribution < -0.4 is 10.2 Å². The second-order valence-corrected chi connectivity index (χ2v) is 6.62. The van der Waals surface area contributed by atoms with Crippen LogP contribution in [0.1, 0.15) is 10.4 Å². The van der Waals surface area contributed by atoms with E-state index in [4.69, 9.17) is 0 Å². The summed E-state index contributed by atoms with van der Waals surface area (Å²) in [5.74, 6) is -0.119. The third kappa shape index (κ3) is 3.73. The van der Waals surface area contributed by atoms with Gasteiger partial charge in [0.1, 0.15) is 0 Å². The lowest BCUT2D eigenvalue weighted by Crippen LogP contribution is -2.14. The third-order valence-corrected chi connectivity index (χ3v) is 4.16. The molecule has 0 heterocycles. The summed E-state index contributed by atoms with van der Waals surface area (Å²) in [4.78, 5) is 14.3. The average Bonchev–Trinajstić information content (AvgIpc) is 2.41. The van der Waals surface area contributed by atoms with Gasteiger partial charge >= 0.3 is 0 Å². The summed E-state index contributed by atoms with van der Waals surface area (Å²) in [5.41, 5.74) is 2.46. The molecule has 20 heavy (non-hydrogen) atoms. The summed E-state index contributed by atoms with van der Waals surface area (Å²) in [6, 6.07) is 13.4. The molecule has 1 N–H and O–H groups in total. The van der Waals surface area contributed by atoms with E-state index in [1.54, 1.807) is 0 Å². The first kappa shape index (κ1) is 15.3. The Morgan fingerprint density at radius 3 is 2.65 bits per heavy atom. The molecule has 0 atom stereocenters. The average molecular weight is 445 g/mol. The molecule has 0 unspecified atom stereocenters. The molecule has 0 aliphatic rings. The highest BCUT2D eigenvalue weighted by Gasteiger charge is 2.11. The van der Waals surface area contributed by atoms with Crippen molar-refractivity contribution in [3.8, 4) is 0 Å². The molecule has 1 amide bonds. The van der Waals surface area contributed by atoms with E-state index in [0.29, 0.717) is 5.56 Å². The van der Waals surface area contributed by atoms with E-state index in [9.17, 15) is 4.79 Å². The Bertz CT molecular complexity index is 644. The minimum atomic E-state index is -0.119. The summed E-state index contributed by atoms with van der Waals surface area (Å²) in [5, 5.41) is 2.92. The maximum absolute atomic E-state index is 12.3. The van der Waals surface area contributed by atoms with Crippen molar-refractivity contribution in [2.75, 3.05) is 24.3 Å². The normalized spacial score (nSPS) is 10.2. The smallest absolute Gasteiger partial charge is 0.256 e. The van der Waals surface area contributed by atoms with Crippen LogP contribution in [0.4, 0.5) is 11.4 Å². The van der Waals surface area contributed by atoms with Gasteiger partial charge in [0.05, 0.1) is 5.56 Å². The molecular formula is C15H14BrIN2O. The lowest BCUT2D eigenvalue weighted by Gasteiger charge is -2.14. The van der Waals surface area contributed by atoms with Crippen LogP contribution in [0.15, 0.2) is 46.9 Å². The first-order chi connectivity index (χ1) is 9.47. The molecule has 2 rings (SSSR count). The van der Waals surface area contributed by atoms with E-state index in [2.05, 4.69) is 43.8 Å². The number of hydrogen-bond donors (Lipinski definition) is 1. The molecule has 104 valence electrons. The van der Waals surface area contributed by atoms with Gasteiger partial charge in [0.2, 0.25) is 0 Å². The summed E-state index contributed by atoms with van der Waals surface area (Å²) in [7, 11) is 3.94. The second kappa shape index (κ2) is 6.58. The monoisotopic (exact) mass is 444 g/mol. The van der Waals surface area contributed by atoms with Crippen molar-refractivity contribution in [3.05, 3.63) is 56.1 Å². The number of carbonyl (C=O) groups is 1. The van der Waals surface area contributed by atoms with Crippen LogP contribution in [0.3, 0.4) is 0 Å². The van der Waals surface area contributed by atoms with Gasteiger partial charge in [-0.05, 0) is 74.9 Å². The molecule has 2 aromatic carbocycles. The lowest BCUT2D eigenvalue weighted by atomic mass is 10.2. The molecule has 2 aromatic rings. The molecule has 5 heteroatoms. The van der Waals surface area contributed by atoms with Crippen molar-refractivity contribution in [3.63, 3.8) is 0 Å². The predicted octanol–water partition coefficient (Wildman–Crippen LogP) is 4.37. The first-order valence-electron chi connectivity index (χ1n) is 6.01. The quantitative estimate of drug-likeness (QED) is 0.713. The van der Waals surface area contributed by atoms with Crippen LogP contribution in [0.2, 0.25) is 0 Å². The minimum absolute atomic E-state index is 0.119. The van der Waals surface area contributed by atoms with E-state index < -0.39 is 0 Å². The number of amides is 1. The van der Waals surface area contributed by atoms with Crippen LogP contribution in [-0.4, -0.2) is 20.0 Å². The van der Waals surface area contributed by atoms with E-state index in [1.807, 2.05) is 61.5 Å². The van der Waals surface area contributed by atoms with Crippen molar-refractivity contribution in [1.29, 1.82) is 0 Å². The Morgan fingerprint density at radius 1 is 1.20 bits per heavy atom. The predicted molar refractivity (Wildman–Crippen MR) is 95.6 cm³/mol. The zero-order valence-corrected chi connectivity index (χ0v) is 14.9. The van der Waals surface area contributed by atoms with Gasteiger partial charge in [-0.25, -0.2) is 0 Å². The Morgan fingerprint density at radius 2 is 1.95 bits per heavy atom. The molecule has 0 aromatic heterocycles. The Hall–Kier alpha value is -1.08. The van der Waals surface area contributed by atoms with Crippen molar-refractivity contribution in [2.24, 2.45) is 0 Å². The molecular weight excluding hydrogens is 431 g/mol. The molecule has 0 aliphatic carbocycles. The molecule has 0 saturated carbocycles. The fraction of sp³-hybridized carbons (Fsp3) is 0.133. The van der Waals surface area contributed by atoms with Crippen molar-refractivity contribution >= 4 is 55.8 Å². The maximum Gasteiger partial charge on any atom is 0.256 e. The highest BCUT2D eigenvalue weighted by Crippen LogP contribution is 2.22. The Kier molecular flexibility index (Phi) is 5.04. The molecule has 0 saturated heterocycles. The van der Waals surface area contributed by atoms with E-state index >= 15 is 0 Å². The first-order valence-corrected chi connectivity index (χ1v) is 7.88. The number of anilines is 2. The fourth-order valence-corrected chi connectivity index (χ4v) is 2.65. The van der Waals surface area contributed by atoms with Crippen LogP contribution in [0.5, 0.6) is 0 Å². The van der Waals surface area contributed by atoms with Crippen molar-refractivity contribution < 1.29 is 4.79 Å². The van der Waals surface area contributed by atoms with Gasteiger partial charge in [0.25, 0.3) is 5.91 Å². The van der Waals surface area contributed by atoms with Gasteiger partial charge in [-0.3, -0.25) is 4.79 Å². The lowest BCUT2D eigenvalue weighted by molar-refractivity contribution is 0.102. The van der Waals surface area contributed by atoms with Gasteiger partial charge in [-0.1, -0.05) is 6.07 Å². The van der Waals surface area contributed by atoms with Gasteiger partial charge in [-0.15, -0.1) is 0 Å². The molecule has 0 spiro atoms. The number of rotatable bonds is 3. The number of nitrogens with zero attached hydrogens (tertiary/aromatic N) is 1. The molecule has 3 nitrogen and oxygen atoms in total. The van der Waals surface area contributed by atoms with Crippen molar-refractivity contribution in [2.45, 2.75) is 0 Å². The fourth-order valence-electron chi connectivity index (χ4n) is 1.73. The standard InChI is InChI=1S/C15H14BrIN2O/c1-19(2)12-5-3-4-11(9-12)18-15(20)13-8-10(17)6-7-14(13)16/h3-9H,1-2H3,(H,18,20). The zero-order valence-electron chi connectivity index (χ0n) is 11.2. The van der Waals surface area contributed by atoms with E-state index in [0.717, 1.165) is 19.4 Å². The Labute approximate surface area is 140 Å². The summed E-state index contributed by atoms with van der Waals surface area (Å²) < 4.78 is 1.82. The van der Waals surface area contributed by atoms with Crippen LogP contribution in [0.25, 0.3) is 0 Å². The largest absolute Gasteiger partial charge is 0.378 e. The second-order valence-electron chi connectivity index (χ2n) is 4.52. The molecule has 0 radical (unpaired) electrons. The number of hydrogen-bond acceptors (Lipinski definition) is 2. The SMILES string of the molecule is CN(C)c1cccc(NC(=O)c2cc(I)ccc2Br)c1. The third-order valence-electron chi connectivity index (χ3n) is 2.79. The summed E-state index contributed by atoms with van der Waals surface area (Å²) >= 11 is 5.60. The van der Waals surface area contributed by atoms with Gasteiger partial charge in [0, 0.05) is 33.5 Å². The molecule has 0 fully saturated rings. The topological polar surface area (TPSA) is 32.3 Å². The van der Waals surface area contributed by atoms with Crippen LogP contribution >= 0.6 is 38.5 Å². The van der Waals surface area contributed by atoms with Crippen LogP contribution in [-0.2, 0) is 0 Å². The van der Waals surface area contributed by atoms with Gasteiger partial charge in [-0.2, -0.15) is 0 Å². The number of halogens is 2. The van der Waals surface area contributed by atoms with Crippen LogP contribution in [0, 0.1) is 3.57 Å². The minimum Gasteiger partial charge on any atom is -0.378 e.